The molecule has 0 saturated heterocycles. The lowest BCUT2D eigenvalue weighted by Crippen LogP contribution is -2.15. The van der Waals surface area contributed by atoms with E-state index in [4.69, 9.17) is 4.74 Å². The van der Waals surface area contributed by atoms with Crippen molar-refractivity contribution >= 4 is 45.8 Å². The molecule has 2 aromatic carbocycles. The molecule has 3 amide bonds. The van der Waals surface area contributed by atoms with Crippen LogP contribution in [0.1, 0.15) is 24.2 Å². The summed E-state index contributed by atoms with van der Waals surface area (Å²) in [5.41, 5.74) is 1.65. The van der Waals surface area contributed by atoms with E-state index < -0.39 is 17.8 Å². The van der Waals surface area contributed by atoms with Crippen LogP contribution in [0.5, 0.6) is 0 Å². The Hall–Kier alpha value is -3.79. The summed E-state index contributed by atoms with van der Waals surface area (Å²) in [7, 11) is 0. The first-order valence-electron chi connectivity index (χ1n) is 9.24. The zero-order valence-corrected chi connectivity index (χ0v) is 17.5. The quantitative estimate of drug-likeness (QED) is 0.511. The van der Waals surface area contributed by atoms with E-state index in [-0.39, 0.29) is 23.2 Å². The van der Waals surface area contributed by atoms with Gasteiger partial charge in [-0.05, 0) is 43.3 Å². The minimum atomic E-state index is -0.615. The van der Waals surface area contributed by atoms with Gasteiger partial charge in [0.1, 0.15) is 5.82 Å². The number of rotatable bonds is 6. The summed E-state index contributed by atoms with van der Waals surface area (Å²) in [6.45, 7) is 3.26. The summed E-state index contributed by atoms with van der Waals surface area (Å²) < 4.78 is 19.2. The number of halogens is 1. The highest BCUT2D eigenvalue weighted by molar-refractivity contribution is 7.14. The largest absolute Gasteiger partial charge is 0.450 e. The van der Waals surface area contributed by atoms with E-state index in [2.05, 4.69) is 20.9 Å². The number of thiazole rings is 1. The van der Waals surface area contributed by atoms with Gasteiger partial charge in [0.2, 0.25) is 5.91 Å². The van der Waals surface area contributed by atoms with Gasteiger partial charge in [0.05, 0.1) is 12.3 Å². The lowest BCUT2D eigenvalue weighted by atomic mass is 10.1. The first-order chi connectivity index (χ1) is 14.9. The third-order valence-electron chi connectivity index (χ3n) is 3.94. The molecule has 0 aliphatic heterocycles. The average Bonchev–Trinajstić information content (AvgIpc) is 3.16. The van der Waals surface area contributed by atoms with E-state index in [1.54, 1.807) is 36.6 Å². The Kier molecular flexibility index (Phi) is 6.93. The number of amides is 3. The maximum Gasteiger partial charge on any atom is 0.411 e. The molecule has 0 radical (unpaired) electrons. The van der Waals surface area contributed by atoms with Gasteiger partial charge < -0.3 is 10.1 Å². The van der Waals surface area contributed by atoms with E-state index in [1.807, 2.05) is 0 Å². The molecule has 0 atom stereocenters. The third-order valence-corrected chi connectivity index (χ3v) is 4.69. The van der Waals surface area contributed by atoms with Crippen LogP contribution in [-0.4, -0.2) is 29.5 Å². The zero-order chi connectivity index (χ0) is 22.4. The SMILES string of the molecule is CCOC(=O)Nc1cccc(C(=O)Nc2nc(-c3ccc(NC(C)=O)cc3F)cs2)c1. The molecule has 1 heterocycles. The van der Waals surface area contributed by atoms with Crippen molar-refractivity contribution < 1.29 is 23.5 Å². The number of hydrogen-bond acceptors (Lipinski definition) is 6. The minimum absolute atomic E-state index is 0.231. The van der Waals surface area contributed by atoms with Crippen LogP contribution < -0.4 is 16.0 Å². The van der Waals surface area contributed by atoms with Crippen molar-refractivity contribution in [3.05, 3.63) is 59.2 Å². The average molecular weight is 442 g/mol. The van der Waals surface area contributed by atoms with Crippen molar-refractivity contribution in [2.24, 2.45) is 0 Å². The fraction of sp³-hybridized carbons (Fsp3) is 0.143. The summed E-state index contributed by atoms with van der Waals surface area (Å²) in [5, 5.41) is 9.60. The van der Waals surface area contributed by atoms with Crippen molar-refractivity contribution in [1.82, 2.24) is 4.98 Å². The van der Waals surface area contributed by atoms with Crippen molar-refractivity contribution in [1.29, 1.82) is 0 Å². The van der Waals surface area contributed by atoms with Crippen LogP contribution in [-0.2, 0) is 9.53 Å². The van der Waals surface area contributed by atoms with Gasteiger partial charge in [-0.3, -0.25) is 20.2 Å². The van der Waals surface area contributed by atoms with E-state index in [0.717, 1.165) is 11.3 Å². The summed E-state index contributed by atoms with van der Waals surface area (Å²) in [4.78, 5) is 39.4. The fourth-order valence-electron chi connectivity index (χ4n) is 2.65. The van der Waals surface area contributed by atoms with Crippen LogP contribution in [0.3, 0.4) is 0 Å². The Morgan fingerprint density at radius 2 is 1.84 bits per heavy atom. The highest BCUT2D eigenvalue weighted by atomic mass is 32.1. The smallest absolute Gasteiger partial charge is 0.411 e. The molecule has 0 aliphatic carbocycles. The highest BCUT2D eigenvalue weighted by Gasteiger charge is 2.14. The first-order valence-corrected chi connectivity index (χ1v) is 10.1. The Morgan fingerprint density at radius 3 is 2.55 bits per heavy atom. The molecule has 10 heteroatoms. The number of hydrogen-bond donors (Lipinski definition) is 3. The molecule has 3 aromatic rings. The molecule has 0 unspecified atom stereocenters. The lowest BCUT2D eigenvalue weighted by molar-refractivity contribution is -0.114. The molecule has 3 rings (SSSR count). The Balaban J connectivity index is 1.70. The lowest BCUT2D eigenvalue weighted by Gasteiger charge is -2.07. The predicted octanol–water partition coefficient (Wildman–Crippen LogP) is 4.73. The highest BCUT2D eigenvalue weighted by Crippen LogP contribution is 2.29. The van der Waals surface area contributed by atoms with Gasteiger partial charge in [-0.1, -0.05) is 6.07 Å². The number of carbonyl (C=O) groups excluding carboxylic acids is 3. The molecule has 0 spiro atoms. The van der Waals surface area contributed by atoms with E-state index >= 15 is 0 Å². The second-order valence-corrected chi connectivity index (χ2v) is 7.15. The number of carbonyl (C=O) groups is 3. The zero-order valence-electron chi connectivity index (χ0n) is 16.7. The van der Waals surface area contributed by atoms with Gasteiger partial charge in [0, 0.05) is 34.8 Å². The maximum atomic E-state index is 14.4. The van der Waals surface area contributed by atoms with Crippen LogP contribution in [0, 0.1) is 5.82 Å². The molecule has 8 nitrogen and oxygen atoms in total. The first kappa shape index (κ1) is 21.9. The summed E-state index contributed by atoms with van der Waals surface area (Å²) in [6.07, 6.45) is -0.615. The third kappa shape index (κ3) is 5.86. The Bertz CT molecular complexity index is 1130. The number of nitrogens with one attached hydrogen (secondary N) is 3. The van der Waals surface area contributed by atoms with Gasteiger partial charge in [-0.25, -0.2) is 14.2 Å². The topological polar surface area (TPSA) is 109 Å². The Morgan fingerprint density at radius 1 is 1.06 bits per heavy atom. The van der Waals surface area contributed by atoms with Crippen molar-refractivity contribution in [2.45, 2.75) is 13.8 Å². The van der Waals surface area contributed by atoms with Crippen molar-refractivity contribution in [3.63, 3.8) is 0 Å². The second kappa shape index (κ2) is 9.81. The number of aromatic nitrogens is 1. The standard InChI is InChI=1S/C21H19FN4O4S/c1-3-30-21(29)24-14-6-4-5-13(9-14)19(28)26-20-25-18(11-31-20)16-8-7-15(10-17(16)22)23-12(2)27/h4-11H,3H2,1-2H3,(H,23,27)(H,24,29)(H,25,26,28). The molecular formula is C21H19FN4O4S. The van der Waals surface area contributed by atoms with Gasteiger partial charge in [-0.15, -0.1) is 11.3 Å². The van der Waals surface area contributed by atoms with E-state index in [9.17, 15) is 18.8 Å². The molecule has 31 heavy (non-hydrogen) atoms. The predicted molar refractivity (Wildman–Crippen MR) is 117 cm³/mol. The summed E-state index contributed by atoms with van der Waals surface area (Å²) in [5.74, 6) is -1.28. The van der Waals surface area contributed by atoms with E-state index in [0.29, 0.717) is 22.6 Å². The number of nitrogens with zero attached hydrogens (tertiary/aromatic N) is 1. The van der Waals surface area contributed by atoms with E-state index in [1.165, 1.54) is 25.1 Å². The summed E-state index contributed by atoms with van der Waals surface area (Å²) >= 11 is 1.14. The van der Waals surface area contributed by atoms with Crippen molar-refractivity contribution in [3.8, 4) is 11.3 Å². The number of benzene rings is 2. The molecule has 0 aliphatic rings. The molecule has 160 valence electrons. The maximum absolute atomic E-state index is 14.4. The molecular weight excluding hydrogens is 423 g/mol. The molecule has 0 fully saturated rings. The normalized spacial score (nSPS) is 10.3. The monoisotopic (exact) mass is 442 g/mol. The van der Waals surface area contributed by atoms with Gasteiger partial charge >= 0.3 is 6.09 Å². The minimum Gasteiger partial charge on any atom is -0.450 e. The number of anilines is 3. The summed E-state index contributed by atoms with van der Waals surface area (Å²) in [6, 6.07) is 10.6. The Labute approximate surface area is 181 Å². The van der Waals surface area contributed by atoms with Crippen LogP contribution in [0.2, 0.25) is 0 Å². The molecule has 1 aromatic heterocycles. The second-order valence-electron chi connectivity index (χ2n) is 6.29. The van der Waals surface area contributed by atoms with Gasteiger partial charge in [-0.2, -0.15) is 0 Å². The van der Waals surface area contributed by atoms with Crippen LogP contribution in [0.4, 0.5) is 25.7 Å². The molecule has 0 bridgehead atoms. The number of ether oxygens (including phenoxy) is 1. The van der Waals surface area contributed by atoms with Crippen LogP contribution in [0.25, 0.3) is 11.3 Å². The van der Waals surface area contributed by atoms with Crippen LogP contribution >= 0.6 is 11.3 Å². The van der Waals surface area contributed by atoms with Crippen molar-refractivity contribution in [2.75, 3.05) is 22.6 Å². The van der Waals surface area contributed by atoms with Gasteiger partial charge in [0.25, 0.3) is 5.91 Å². The van der Waals surface area contributed by atoms with Crippen LogP contribution in [0.15, 0.2) is 47.8 Å². The molecule has 3 N–H and O–H groups in total. The molecule has 0 saturated carbocycles. The van der Waals surface area contributed by atoms with Gasteiger partial charge in [0.15, 0.2) is 5.13 Å². The fourth-order valence-corrected chi connectivity index (χ4v) is 3.36.